The minimum absolute atomic E-state index is 0.819. The van der Waals surface area contributed by atoms with E-state index in [-0.39, 0.29) is 0 Å². The molecule has 1 nitrogen and oxygen atoms in total. The van der Waals surface area contributed by atoms with Gasteiger partial charge in [-0.15, -0.1) is 0 Å². The molecule has 0 fully saturated rings. The molecule has 0 radical (unpaired) electrons. The van der Waals surface area contributed by atoms with Crippen LogP contribution in [0.25, 0.3) is 0 Å². The Kier molecular flexibility index (Phi) is 1.13. The molecule has 0 aromatic rings. The smallest absolute Gasteiger partial charge is 0.0417 e. The Morgan fingerprint density at radius 2 is 2.43 bits per heavy atom. The quantitative estimate of drug-likeness (QED) is 0.434. The molecule has 0 spiro atoms. The van der Waals surface area contributed by atoms with Crippen LogP contribution in [0.1, 0.15) is 20.3 Å². The summed E-state index contributed by atoms with van der Waals surface area (Å²) in [5.74, 6) is 0.819. The fourth-order valence-electron chi connectivity index (χ4n) is 0.945. The van der Waals surface area contributed by atoms with Gasteiger partial charge in [0, 0.05) is 12.3 Å². The number of rotatable bonds is 0. The summed E-state index contributed by atoms with van der Waals surface area (Å²) in [5.41, 5.74) is 1.33. The Morgan fingerprint density at radius 3 is 2.57 bits per heavy atom. The van der Waals surface area contributed by atoms with E-state index in [2.05, 4.69) is 18.8 Å². The maximum atomic E-state index is 4.23. The molecule has 1 heterocycles. The van der Waals surface area contributed by atoms with Gasteiger partial charge < -0.3 is 0 Å². The Balaban J connectivity index is 2.42. The van der Waals surface area contributed by atoms with Crippen LogP contribution in [0.4, 0.5) is 0 Å². The van der Waals surface area contributed by atoms with Crippen LogP contribution in [-0.4, -0.2) is 12.3 Å². The highest BCUT2D eigenvalue weighted by Crippen LogP contribution is 2.10. The Morgan fingerprint density at radius 1 is 1.71 bits per heavy atom. The maximum Gasteiger partial charge on any atom is 0.0417 e. The van der Waals surface area contributed by atoms with Crippen molar-refractivity contribution in [3.63, 3.8) is 0 Å². The molecule has 0 aromatic heterocycles. The normalized spacial score (nSPS) is 30.6. The van der Waals surface area contributed by atoms with Crippen molar-refractivity contribution >= 4 is 5.71 Å². The average molecular weight is 97.2 g/mol. The largest absolute Gasteiger partial charge is 0.294 e. The first-order valence-electron chi connectivity index (χ1n) is 2.79. The van der Waals surface area contributed by atoms with E-state index in [0.29, 0.717) is 0 Å². The molecular formula is C6H11N. The highest BCUT2D eigenvalue weighted by Gasteiger charge is 2.08. The lowest BCUT2D eigenvalue weighted by Crippen LogP contribution is -1.91. The molecular weight excluding hydrogens is 86.1 g/mol. The Hall–Kier alpha value is -0.330. The molecule has 40 valence electrons. The molecule has 0 aromatic carbocycles. The number of nitrogens with zero attached hydrogens (tertiary/aromatic N) is 1. The first-order valence-corrected chi connectivity index (χ1v) is 2.79. The lowest BCUT2D eigenvalue weighted by molar-refractivity contribution is 0.664. The van der Waals surface area contributed by atoms with Crippen LogP contribution in [0.5, 0.6) is 0 Å². The third kappa shape index (κ3) is 1.02. The van der Waals surface area contributed by atoms with Crippen molar-refractivity contribution in [3.05, 3.63) is 0 Å². The van der Waals surface area contributed by atoms with Crippen molar-refractivity contribution in [2.45, 2.75) is 20.3 Å². The standard InChI is InChI=1S/C6H11N/c1-5-3-6(2)7-4-5/h5H,3-4H2,1-2H3/t5-/m0/s1. The van der Waals surface area contributed by atoms with Gasteiger partial charge in [-0.2, -0.15) is 0 Å². The van der Waals surface area contributed by atoms with Crippen molar-refractivity contribution in [3.8, 4) is 0 Å². The molecule has 1 heteroatoms. The molecule has 7 heavy (non-hydrogen) atoms. The van der Waals surface area contributed by atoms with Crippen LogP contribution in [0, 0.1) is 5.92 Å². The Labute approximate surface area is 44.5 Å². The lowest BCUT2D eigenvalue weighted by atomic mass is 10.1. The van der Waals surface area contributed by atoms with Gasteiger partial charge in [0.15, 0.2) is 0 Å². The van der Waals surface area contributed by atoms with Gasteiger partial charge in [0.05, 0.1) is 0 Å². The second kappa shape index (κ2) is 1.65. The zero-order chi connectivity index (χ0) is 5.28. The van der Waals surface area contributed by atoms with Crippen molar-refractivity contribution in [2.24, 2.45) is 10.9 Å². The van der Waals surface area contributed by atoms with E-state index in [1.54, 1.807) is 0 Å². The molecule has 1 aliphatic heterocycles. The fraction of sp³-hybridized carbons (Fsp3) is 0.833. The summed E-state index contributed by atoms with van der Waals surface area (Å²) in [4.78, 5) is 4.23. The molecule has 1 atom stereocenters. The maximum absolute atomic E-state index is 4.23. The predicted molar refractivity (Wildman–Crippen MR) is 31.8 cm³/mol. The summed E-state index contributed by atoms with van der Waals surface area (Å²) in [6, 6.07) is 0. The summed E-state index contributed by atoms with van der Waals surface area (Å²) < 4.78 is 0. The van der Waals surface area contributed by atoms with Gasteiger partial charge in [-0.05, 0) is 19.3 Å². The molecule has 0 saturated carbocycles. The molecule has 1 rings (SSSR count). The van der Waals surface area contributed by atoms with Crippen LogP contribution in [0.2, 0.25) is 0 Å². The second-order valence-corrected chi connectivity index (χ2v) is 2.39. The van der Waals surface area contributed by atoms with Crippen LogP contribution in [0.3, 0.4) is 0 Å². The average Bonchev–Trinajstić information content (AvgIpc) is 1.87. The second-order valence-electron chi connectivity index (χ2n) is 2.39. The monoisotopic (exact) mass is 97.1 g/mol. The molecule has 0 N–H and O–H groups in total. The summed E-state index contributed by atoms with van der Waals surface area (Å²) in [6.45, 7) is 5.40. The molecule has 0 unspecified atom stereocenters. The third-order valence-corrected chi connectivity index (χ3v) is 1.32. The van der Waals surface area contributed by atoms with E-state index in [4.69, 9.17) is 0 Å². The van der Waals surface area contributed by atoms with Crippen LogP contribution < -0.4 is 0 Å². The van der Waals surface area contributed by atoms with Crippen molar-refractivity contribution in [2.75, 3.05) is 6.54 Å². The minimum atomic E-state index is 0.819. The lowest BCUT2D eigenvalue weighted by Gasteiger charge is -1.92. The highest BCUT2D eigenvalue weighted by molar-refractivity contribution is 5.83. The molecule has 0 amide bonds. The summed E-state index contributed by atoms with van der Waals surface area (Å²) >= 11 is 0. The van der Waals surface area contributed by atoms with Crippen molar-refractivity contribution in [1.29, 1.82) is 0 Å². The molecule has 0 aliphatic carbocycles. The van der Waals surface area contributed by atoms with Gasteiger partial charge in [0.1, 0.15) is 0 Å². The highest BCUT2D eigenvalue weighted by atomic mass is 14.8. The van der Waals surface area contributed by atoms with Gasteiger partial charge in [0.2, 0.25) is 0 Å². The SMILES string of the molecule is CC1=NC[C@@H](C)C1. The summed E-state index contributed by atoms with van der Waals surface area (Å²) in [7, 11) is 0. The van der Waals surface area contributed by atoms with Gasteiger partial charge in [-0.1, -0.05) is 6.92 Å². The van der Waals surface area contributed by atoms with Crippen molar-refractivity contribution < 1.29 is 0 Å². The number of aliphatic imine (C=N–C) groups is 1. The van der Waals surface area contributed by atoms with E-state index < -0.39 is 0 Å². The van der Waals surface area contributed by atoms with Gasteiger partial charge in [-0.25, -0.2) is 0 Å². The predicted octanol–water partition coefficient (Wildman–Crippen LogP) is 1.49. The van der Waals surface area contributed by atoms with E-state index in [1.807, 2.05) is 0 Å². The van der Waals surface area contributed by atoms with Gasteiger partial charge >= 0.3 is 0 Å². The molecule has 1 aliphatic rings. The van der Waals surface area contributed by atoms with E-state index in [9.17, 15) is 0 Å². The third-order valence-electron chi connectivity index (χ3n) is 1.32. The zero-order valence-corrected chi connectivity index (χ0v) is 4.94. The first-order chi connectivity index (χ1) is 3.29. The van der Waals surface area contributed by atoms with Crippen molar-refractivity contribution in [1.82, 2.24) is 0 Å². The summed E-state index contributed by atoms with van der Waals surface area (Å²) in [5, 5.41) is 0. The molecule has 0 saturated heterocycles. The van der Waals surface area contributed by atoms with Crippen LogP contribution in [0.15, 0.2) is 4.99 Å². The Bertz CT molecular complexity index is 94.4. The first kappa shape index (κ1) is 4.82. The number of hydrogen-bond acceptors (Lipinski definition) is 1. The van der Waals surface area contributed by atoms with Crippen LogP contribution >= 0.6 is 0 Å². The van der Waals surface area contributed by atoms with Gasteiger partial charge in [-0.3, -0.25) is 4.99 Å². The number of hydrogen-bond donors (Lipinski definition) is 0. The van der Waals surface area contributed by atoms with Gasteiger partial charge in [0.25, 0.3) is 0 Å². The zero-order valence-electron chi connectivity index (χ0n) is 4.94. The minimum Gasteiger partial charge on any atom is -0.294 e. The molecule has 0 bridgehead atoms. The topological polar surface area (TPSA) is 12.4 Å². The van der Waals surface area contributed by atoms with E-state index >= 15 is 0 Å². The van der Waals surface area contributed by atoms with E-state index in [1.165, 1.54) is 12.1 Å². The summed E-state index contributed by atoms with van der Waals surface area (Å²) in [6.07, 6.45) is 1.22. The van der Waals surface area contributed by atoms with E-state index in [0.717, 1.165) is 12.5 Å². The fourth-order valence-corrected chi connectivity index (χ4v) is 0.945. The van der Waals surface area contributed by atoms with Crippen LogP contribution in [-0.2, 0) is 0 Å².